The fraction of sp³-hybridized carbons (Fsp3) is 0.474. The topological polar surface area (TPSA) is 52.7 Å². The first-order valence-corrected chi connectivity index (χ1v) is 8.54. The molecule has 2 aliphatic heterocycles. The van der Waals surface area contributed by atoms with Crippen LogP contribution < -0.4 is 5.32 Å². The van der Waals surface area contributed by atoms with Gasteiger partial charge in [-0.25, -0.2) is 4.79 Å². The molecule has 1 aromatic carbocycles. The van der Waals surface area contributed by atoms with E-state index in [1.54, 1.807) is 11.9 Å². The molecule has 4 rings (SSSR count). The molecule has 3 amide bonds. The molecular weight excluding hydrogens is 302 g/mol. The van der Waals surface area contributed by atoms with Crippen molar-refractivity contribution in [3.05, 3.63) is 45.7 Å². The molecule has 0 radical (unpaired) electrons. The predicted octanol–water partition coefficient (Wildman–Crippen LogP) is 2.57. The molecule has 1 atom stereocenters. The Morgan fingerprint density at radius 3 is 2.38 bits per heavy atom. The molecule has 0 unspecified atom stereocenters. The highest BCUT2D eigenvalue weighted by Gasteiger charge is 2.47. The number of hydrogen-bond acceptors (Lipinski definition) is 2. The van der Waals surface area contributed by atoms with E-state index in [-0.39, 0.29) is 18.0 Å². The van der Waals surface area contributed by atoms with E-state index in [2.05, 4.69) is 31.3 Å². The first-order chi connectivity index (χ1) is 11.4. The molecule has 24 heavy (non-hydrogen) atoms. The third kappa shape index (κ3) is 2.14. The van der Waals surface area contributed by atoms with Gasteiger partial charge in [-0.15, -0.1) is 0 Å². The predicted molar refractivity (Wildman–Crippen MR) is 91.4 cm³/mol. The summed E-state index contributed by atoms with van der Waals surface area (Å²) in [4.78, 5) is 29.0. The van der Waals surface area contributed by atoms with Crippen molar-refractivity contribution in [1.29, 1.82) is 0 Å². The Kier molecular flexibility index (Phi) is 3.24. The average molecular weight is 325 g/mol. The number of nitrogens with one attached hydrogen (secondary N) is 1. The minimum absolute atomic E-state index is 0.0852. The van der Waals surface area contributed by atoms with Gasteiger partial charge >= 0.3 is 6.03 Å². The highest BCUT2D eigenvalue weighted by Crippen LogP contribution is 2.41. The molecule has 0 bridgehead atoms. The lowest BCUT2D eigenvalue weighted by Crippen LogP contribution is -2.45. The van der Waals surface area contributed by atoms with Crippen LogP contribution in [0.5, 0.6) is 0 Å². The number of urea groups is 1. The summed E-state index contributed by atoms with van der Waals surface area (Å²) in [5.74, 6) is 0.0852. The van der Waals surface area contributed by atoms with Crippen LogP contribution in [0.4, 0.5) is 4.79 Å². The van der Waals surface area contributed by atoms with Gasteiger partial charge in [-0.2, -0.15) is 0 Å². The van der Waals surface area contributed by atoms with Crippen LogP contribution >= 0.6 is 0 Å². The molecular formula is C19H23N3O2. The van der Waals surface area contributed by atoms with Crippen molar-refractivity contribution >= 4 is 11.9 Å². The van der Waals surface area contributed by atoms with Crippen LogP contribution in [-0.4, -0.2) is 41.4 Å². The smallest absolute Gasteiger partial charge is 0.322 e. The minimum Gasteiger partial charge on any atom is -0.330 e. The third-order valence-electron chi connectivity index (χ3n) is 5.57. The molecule has 126 valence electrons. The van der Waals surface area contributed by atoms with Crippen LogP contribution in [0.25, 0.3) is 0 Å². The van der Waals surface area contributed by atoms with Gasteiger partial charge in [-0.1, -0.05) is 12.1 Å². The van der Waals surface area contributed by atoms with E-state index >= 15 is 0 Å². The third-order valence-corrected chi connectivity index (χ3v) is 5.57. The Hall–Kier alpha value is -2.30. The van der Waals surface area contributed by atoms with Crippen molar-refractivity contribution in [2.75, 3.05) is 13.6 Å². The van der Waals surface area contributed by atoms with E-state index in [0.717, 1.165) is 35.2 Å². The lowest BCUT2D eigenvalue weighted by molar-refractivity contribution is -0.126. The molecule has 5 nitrogen and oxygen atoms in total. The number of aryl methyl sites for hydroxylation is 3. The summed E-state index contributed by atoms with van der Waals surface area (Å²) in [6, 6.07) is 4.11. The minimum atomic E-state index is -0.348. The maximum absolute atomic E-state index is 13.0. The summed E-state index contributed by atoms with van der Waals surface area (Å²) in [6.45, 7) is 6.75. The Balaban J connectivity index is 1.82. The van der Waals surface area contributed by atoms with E-state index in [0.29, 0.717) is 12.6 Å². The molecule has 1 aliphatic carbocycles. The molecule has 1 saturated carbocycles. The van der Waals surface area contributed by atoms with Gasteiger partial charge in [0.25, 0.3) is 5.91 Å². The van der Waals surface area contributed by atoms with E-state index < -0.39 is 0 Å². The SMILES string of the molecule is Cc1cc(C)c([C@@H]2NC(=O)N(C)C3=C2C(=O)N(C2CC2)C3)cc1C. The summed E-state index contributed by atoms with van der Waals surface area (Å²) < 4.78 is 0. The van der Waals surface area contributed by atoms with Gasteiger partial charge in [0.2, 0.25) is 0 Å². The summed E-state index contributed by atoms with van der Waals surface area (Å²) in [6.07, 6.45) is 2.15. The number of carbonyl (C=O) groups excluding carboxylic acids is 2. The van der Waals surface area contributed by atoms with Gasteiger partial charge in [0.05, 0.1) is 23.9 Å². The van der Waals surface area contributed by atoms with Crippen LogP contribution in [0.1, 0.15) is 41.1 Å². The van der Waals surface area contributed by atoms with E-state index in [4.69, 9.17) is 0 Å². The summed E-state index contributed by atoms with van der Waals surface area (Å²) in [5, 5.41) is 3.03. The fourth-order valence-electron chi connectivity index (χ4n) is 3.80. The maximum atomic E-state index is 13.0. The second-order valence-corrected chi connectivity index (χ2v) is 7.26. The average Bonchev–Trinajstić information content (AvgIpc) is 3.31. The number of amides is 3. The van der Waals surface area contributed by atoms with Crippen molar-refractivity contribution in [3.63, 3.8) is 0 Å². The first-order valence-electron chi connectivity index (χ1n) is 8.54. The number of likely N-dealkylation sites (N-methyl/N-ethyl adjacent to an activating group) is 1. The zero-order valence-corrected chi connectivity index (χ0v) is 14.6. The molecule has 2 heterocycles. The van der Waals surface area contributed by atoms with Crippen LogP contribution in [0.2, 0.25) is 0 Å². The van der Waals surface area contributed by atoms with Crippen molar-refractivity contribution in [3.8, 4) is 0 Å². The lowest BCUT2D eigenvalue weighted by atomic mass is 9.90. The van der Waals surface area contributed by atoms with Crippen LogP contribution in [0, 0.1) is 20.8 Å². The van der Waals surface area contributed by atoms with Gasteiger partial charge in [-0.05, 0) is 55.9 Å². The Bertz CT molecular complexity index is 792. The lowest BCUT2D eigenvalue weighted by Gasteiger charge is -2.32. The maximum Gasteiger partial charge on any atom is 0.322 e. The molecule has 1 fully saturated rings. The second kappa shape index (κ2) is 5.10. The zero-order valence-electron chi connectivity index (χ0n) is 14.6. The molecule has 5 heteroatoms. The van der Waals surface area contributed by atoms with Crippen molar-refractivity contribution < 1.29 is 9.59 Å². The fourth-order valence-corrected chi connectivity index (χ4v) is 3.80. The normalized spacial score (nSPS) is 23.8. The van der Waals surface area contributed by atoms with Gasteiger partial charge in [0, 0.05) is 13.1 Å². The van der Waals surface area contributed by atoms with Crippen LogP contribution in [0.15, 0.2) is 23.4 Å². The highest BCUT2D eigenvalue weighted by atomic mass is 16.2. The van der Waals surface area contributed by atoms with E-state index in [9.17, 15) is 9.59 Å². The molecule has 1 N–H and O–H groups in total. The largest absolute Gasteiger partial charge is 0.330 e. The second-order valence-electron chi connectivity index (χ2n) is 7.26. The summed E-state index contributed by atoms with van der Waals surface area (Å²) >= 11 is 0. The Labute approximate surface area is 142 Å². The Morgan fingerprint density at radius 1 is 1.04 bits per heavy atom. The quantitative estimate of drug-likeness (QED) is 0.908. The van der Waals surface area contributed by atoms with Crippen LogP contribution in [-0.2, 0) is 4.79 Å². The van der Waals surface area contributed by atoms with Gasteiger partial charge in [0.15, 0.2) is 0 Å². The first kappa shape index (κ1) is 15.2. The number of nitrogens with zero attached hydrogens (tertiary/aromatic N) is 2. The summed E-state index contributed by atoms with van der Waals surface area (Å²) in [7, 11) is 1.75. The van der Waals surface area contributed by atoms with Gasteiger partial charge < -0.3 is 10.2 Å². The van der Waals surface area contributed by atoms with Crippen molar-refractivity contribution in [2.45, 2.75) is 45.7 Å². The van der Waals surface area contributed by atoms with E-state index in [1.165, 1.54) is 11.1 Å². The van der Waals surface area contributed by atoms with Gasteiger partial charge in [-0.3, -0.25) is 9.69 Å². The van der Waals surface area contributed by atoms with Gasteiger partial charge in [0.1, 0.15) is 0 Å². The molecule has 0 saturated heterocycles. The highest BCUT2D eigenvalue weighted by molar-refractivity contribution is 6.01. The summed E-state index contributed by atoms with van der Waals surface area (Å²) in [5.41, 5.74) is 6.14. The number of benzene rings is 1. The van der Waals surface area contributed by atoms with Crippen molar-refractivity contribution in [2.24, 2.45) is 0 Å². The molecule has 3 aliphatic rings. The van der Waals surface area contributed by atoms with Crippen molar-refractivity contribution in [1.82, 2.24) is 15.1 Å². The van der Waals surface area contributed by atoms with E-state index in [1.807, 2.05) is 11.8 Å². The number of hydrogen-bond donors (Lipinski definition) is 1. The molecule has 1 aromatic rings. The zero-order chi connectivity index (χ0) is 17.2. The molecule has 0 spiro atoms. The number of carbonyl (C=O) groups is 2. The monoisotopic (exact) mass is 325 g/mol. The van der Waals surface area contributed by atoms with Crippen LogP contribution in [0.3, 0.4) is 0 Å². The molecule has 0 aromatic heterocycles. The standard InChI is InChI=1S/C19H23N3O2/c1-10-7-12(3)14(8-11(10)2)17-16-15(21(4)19(24)20-17)9-22(18(16)23)13-5-6-13/h7-8,13,17H,5-6,9H2,1-4H3,(H,20,24)/t17-/m0/s1. The Morgan fingerprint density at radius 2 is 1.71 bits per heavy atom. The number of rotatable bonds is 2.